The fourth-order valence-corrected chi connectivity index (χ4v) is 1.58. The molecule has 0 bridgehead atoms. The Morgan fingerprint density at radius 2 is 2.07 bits per heavy atom. The lowest BCUT2D eigenvalue weighted by Crippen LogP contribution is -2.10. The van der Waals surface area contributed by atoms with Crippen molar-refractivity contribution < 1.29 is 19.1 Å². The van der Waals surface area contributed by atoms with Gasteiger partial charge in [-0.15, -0.1) is 0 Å². The topological polar surface area (TPSA) is 54.4 Å². The van der Waals surface area contributed by atoms with Gasteiger partial charge in [0.25, 0.3) is 0 Å². The molecule has 0 aromatic heterocycles. The summed E-state index contributed by atoms with van der Waals surface area (Å²) < 4.78 is 13.2. The fourth-order valence-electron chi connectivity index (χ4n) is 1.20. The number of halogens is 2. The summed E-state index contributed by atoms with van der Waals surface area (Å²) in [7, 11) is 0. The van der Waals surface area contributed by atoms with Gasteiger partial charge >= 0.3 is 5.97 Å². The summed E-state index contributed by atoms with van der Waals surface area (Å²) in [5.41, 5.74) is -0.329. The second kappa shape index (κ2) is 4.53. The van der Waals surface area contributed by atoms with E-state index in [-0.39, 0.29) is 11.3 Å². The van der Waals surface area contributed by atoms with Crippen LogP contribution in [-0.4, -0.2) is 16.9 Å². The lowest BCUT2D eigenvalue weighted by atomic mass is 10.0. The molecule has 0 saturated heterocycles. The van der Waals surface area contributed by atoms with E-state index in [9.17, 15) is 14.0 Å². The second-order valence-electron chi connectivity index (χ2n) is 2.98. The van der Waals surface area contributed by atoms with E-state index < -0.39 is 22.2 Å². The van der Waals surface area contributed by atoms with Gasteiger partial charge in [0, 0.05) is 0 Å². The molecule has 1 rings (SSSR count). The predicted molar refractivity (Wildman–Crippen MR) is 55.7 cm³/mol. The van der Waals surface area contributed by atoms with Crippen LogP contribution in [0.1, 0.15) is 27.7 Å². The van der Waals surface area contributed by atoms with Gasteiger partial charge in [0.2, 0.25) is 0 Å². The van der Waals surface area contributed by atoms with E-state index >= 15 is 0 Å². The predicted octanol–water partition coefficient (Wildman–Crippen LogP) is 2.55. The van der Waals surface area contributed by atoms with Crippen LogP contribution >= 0.6 is 15.9 Å². The largest absolute Gasteiger partial charge is 0.478 e. The number of aromatic carboxylic acids is 1. The van der Waals surface area contributed by atoms with Crippen LogP contribution in [0, 0.1) is 5.82 Å². The first-order valence-electron chi connectivity index (χ1n) is 4.11. The molecule has 1 aromatic rings. The van der Waals surface area contributed by atoms with Crippen molar-refractivity contribution in [2.24, 2.45) is 0 Å². The highest BCUT2D eigenvalue weighted by molar-refractivity contribution is 9.09. The molecule has 0 spiro atoms. The molecule has 1 unspecified atom stereocenters. The molecule has 0 amide bonds. The van der Waals surface area contributed by atoms with Crippen molar-refractivity contribution in [3.63, 3.8) is 0 Å². The number of rotatable bonds is 3. The highest BCUT2D eigenvalue weighted by atomic mass is 79.9. The number of benzene rings is 1. The van der Waals surface area contributed by atoms with Gasteiger partial charge < -0.3 is 5.11 Å². The molecule has 1 aromatic carbocycles. The monoisotopic (exact) mass is 274 g/mol. The van der Waals surface area contributed by atoms with Gasteiger partial charge in [0.15, 0.2) is 0 Å². The van der Waals surface area contributed by atoms with E-state index in [1.165, 1.54) is 19.1 Å². The van der Waals surface area contributed by atoms with E-state index in [1.807, 2.05) is 0 Å². The van der Waals surface area contributed by atoms with Crippen LogP contribution in [0.3, 0.4) is 0 Å². The molecule has 80 valence electrons. The number of ketones is 1. The van der Waals surface area contributed by atoms with Gasteiger partial charge in [0.05, 0.1) is 10.4 Å². The van der Waals surface area contributed by atoms with Crippen molar-refractivity contribution in [1.82, 2.24) is 0 Å². The first-order valence-corrected chi connectivity index (χ1v) is 5.03. The third kappa shape index (κ3) is 2.41. The third-order valence-electron chi connectivity index (χ3n) is 1.89. The van der Waals surface area contributed by atoms with Crippen molar-refractivity contribution >= 4 is 27.7 Å². The smallest absolute Gasteiger partial charge is 0.339 e. The van der Waals surface area contributed by atoms with Gasteiger partial charge in [-0.3, -0.25) is 4.79 Å². The summed E-state index contributed by atoms with van der Waals surface area (Å²) in [6.07, 6.45) is 0. The molecular formula is C10H8BrFO3. The number of hydrogen-bond acceptors (Lipinski definition) is 2. The second-order valence-corrected chi connectivity index (χ2v) is 3.90. The van der Waals surface area contributed by atoms with Crippen molar-refractivity contribution in [2.45, 2.75) is 11.8 Å². The van der Waals surface area contributed by atoms with Crippen molar-refractivity contribution in [3.05, 3.63) is 35.1 Å². The summed E-state index contributed by atoms with van der Waals surface area (Å²) in [4.78, 5) is 21.1. The molecule has 0 heterocycles. The standard InChI is InChI=1S/C10H8BrFO3/c1-5(13)9(11)6-3-2-4-7(12)8(6)10(14)15/h2-4,9H,1H3,(H,14,15). The van der Waals surface area contributed by atoms with E-state index in [0.717, 1.165) is 6.07 Å². The lowest BCUT2D eigenvalue weighted by molar-refractivity contribution is -0.116. The van der Waals surface area contributed by atoms with Crippen LogP contribution in [0.4, 0.5) is 4.39 Å². The average Bonchev–Trinajstić information content (AvgIpc) is 2.15. The molecular weight excluding hydrogens is 267 g/mol. The molecule has 1 N–H and O–H groups in total. The first kappa shape index (κ1) is 11.8. The molecule has 5 heteroatoms. The minimum Gasteiger partial charge on any atom is -0.478 e. The lowest BCUT2D eigenvalue weighted by Gasteiger charge is -2.10. The van der Waals surface area contributed by atoms with Crippen LogP contribution in [0.25, 0.3) is 0 Å². The van der Waals surface area contributed by atoms with Gasteiger partial charge in [-0.2, -0.15) is 0 Å². The van der Waals surface area contributed by atoms with Crippen LogP contribution in [0.2, 0.25) is 0 Å². The van der Waals surface area contributed by atoms with Gasteiger partial charge in [-0.1, -0.05) is 28.1 Å². The number of alkyl halides is 1. The zero-order chi connectivity index (χ0) is 11.6. The van der Waals surface area contributed by atoms with Crippen LogP contribution < -0.4 is 0 Å². The van der Waals surface area contributed by atoms with E-state index in [2.05, 4.69) is 15.9 Å². The molecule has 1 atom stereocenters. The first-order chi connectivity index (χ1) is 6.95. The Bertz CT molecular complexity index is 417. The Kier molecular flexibility index (Phi) is 3.57. The van der Waals surface area contributed by atoms with Crippen LogP contribution in [-0.2, 0) is 4.79 Å². The molecule has 0 radical (unpaired) electrons. The summed E-state index contributed by atoms with van der Waals surface area (Å²) in [5, 5.41) is 8.81. The number of carboxylic acids is 1. The molecule has 0 aliphatic heterocycles. The van der Waals surface area contributed by atoms with Crippen molar-refractivity contribution in [3.8, 4) is 0 Å². The fraction of sp³-hybridized carbons (Fsp3) is 0.200. The molecule has 15 heavy (non-hydrogen) atoms. The van der Waals surface area contributed by atoms with Gasteiger partial charge in [-0.05, 0) is 18.6 Å². The maximum Gasteiger partial charge on any atom is 0.339 e. The average molecular weight is 275 g/mol. The Hall–Kier alpha value is -1.23. The maximum atomic E-state index is 13.2. The van der Waals surface area contributed by atoms with E-state index in [1.54, 1.807) is 0 Å². The quantitative estimate of drug-likeness (QED) is 0.862. The normalized spacial score (nSPS) is 12.2. The Morgan fingerprint density at radius 1 is 1.47 bits per heavy atom. The van der Waals surface area contributed by atoms with Crippen molar-refractivity contribution in [1.29, 1.82) is 0 Å². The summed E-state index contributed by atoms with van der Waals surface area (Å²) in [6, 6.07) is 3.83. The molecule has 3 nitrogen and oxygen atoms in total. The molecule has 0 saturated carbocycles. The molecule has 0 aliphatic carbocycles. The number of carbonyl (C=O) groups excluding carboxylic acids is 1. The molecule has 0 fully saturated rings. The van der Waals surface area contributed by atoms with E-state index in [4.69, 9.17) is 5.11 Å². The van der Waals surface area contributed by atoms with E-state index in [0.29, 0.717) is 0 Å². The number of carboxylic acid groups (broad SMARTS) is 1. The Morgan fingerprint density at radius 3 is 2.53 bits per heavy atom. The van der Waals surface area contributed by atoms with Gasteiger partial charge in [-0.25, -0.2) is 9.18 Å². The number of carbonyl (C=O) groups is 2. The van der Waals surface area contributed by atoms with Crippen LogP contribution in [0.15, 0.2) is 18.2 Å². The Balaban J connectivity index is 3.35. The van der Waals surface area contributed by atoms with Crippen molar-refractivity contribution in [2.75, 3.05) is 0 Å². The van der Waals surface area contributed by atoms with Crippen LogP contribution in [0.5, 0.6) is 0 Å². The zero-order valence-corrected chi connectivity index (χ0v) is 9.42. The zero-order valence-electron chi connectivity index (χ0n) is 7.83. The highest BCUT2D eigenvalue weighted by Gasteiger charge is 2.22. The Labute approximate surface area is 94.0 Å². The number of hydrogen-bond donors (Lipinski definition) is 1. The summed E-state index contributed by atoms with van der Waals surface area (Å²) in [6.45, 7) is 1.30. The minimum absolute atomic E-state index is 0.134. The number of Topliss-reactive ketones (excluding diaryl/α,β-unsaturated/α-hetero) is 1. The SMILES string of the molecule is CC(=O)C(Br)c1cccc(F)c1C(=O)O. The molecule has 0 aliphatic rings. The third-order valence-corrected chi connectivity index (χ3v) is 3.03. The highest BCUT2D eigenvalue weighted by Crippen LogP contribution is 2.28. The maximum absolute atomic E-state index is 13.2. The minimum atomic E-state index is -1.38. The summed E-state index contributed by atoms with van der Waals surface area (Å²) in [5.74, 6) is -2.50. The summed E-state index contributed by atoms with van der Waals surface area (Å²) >= 11 is 3.02. The van der Waals surface area contributed by atoms with Gasteiger partial charge in [0.1, 0.15) is 11.6 Å².